The van der Waals surface area contributed by atoms with Crippen LogP contribution in [0, 0.1) is 11.6 Å². The molecule has 2 N–H and O–H groups in total. The van der Waals surface area contributed by atoms with Gasteiger partial charge in [-0.2, -0.15) is 0 Å². The Balaban J connectivity index is 1.17. The van der Waals surface area contributed by atoms with Crippen molar-refractivity contribution in [1.82, 2.24) is 34.8 Å². The van der Waals surface area contributed by atoms with Crippen LogP contribution in [0.1, 0.15) is 28.9 Å². The smallest absolute Gasteiger partial charge is 0.270 e. The Morgan fingerprint density at radius 2 is 1.86 bits per heavy atom. The number of H-pyrrole nitrogens is 1. The van der Waals surface area contributed by atoms with E-state index in [4.69, 9.17) is 4.74 Å². The first-order valence-electron chi connectivity index (χ1n) is 16.0. The summed E-state index contributed by atoms with van der Waals surface area (Å²) in [6, 6.07) is 11.3. The normalized spacial score (nSPS) is 15.1. The van der Waals surface area contributed by atoms with Crippen LogP contribution in [0.2, 0.25) is 0 Å². The SMILES string of the molecule is COc1cc(F)cnc1N1CCN(C(=O)c2cc3c(-c4cccc(O)c4)cc(C4=CCCN(C(=O)CCn5ccnn5)C4)c(F)c3[nH]2)CC1. The van der Waals surface area contributed by atoms with Gasteiger partial charge in [0.2, 0.25) is 5.91 Å². The molecule has 0 bridgehead atoms. The highest BCUT2D eigenvalue weighted by molar-refractivity contribution is 6.04. The first-order chi connectivity index (χ1) is 23.8. The number of ether oxygens (including phenoxy) is 1. The van der Waals surface area contributed by atoms with Crippen molar-refractivity contribution < 1.29 is 28.2 Å². The number of pyridine rings is 1. The number of hydrogen-bond donors (Lipinski definition) is 2. The number of phenolic OH excluding ortho intramolecular Hbond substituents is 1. The van der Waals surface area contributed by atoms with Gasteiger partial charge in [-0.05, 0) is 47.4 Å². The number of fused-ring (bicyclic) bond motifs is 1. The number of carbonyl (C=O) groups excluding carboxylic acids is 2. The molecule has 5 heterocycles. The van der Waals surface area contributed by atoms with Gasteiger partial charge in [-0.1, -0.05) is 23.4 Å². The number of aromatic hydroxyl groups is 1. The van der Waals surface area contributed by atoms with Gasteiger partial charge in [0.1, 0.15) is 17.3 Å². The molecule has 0 atom stereocenters. The van der Waals surface area contributed by atoms with Crippen molar-refractivity contribution in [2.24, 2.45) is 0 Å². The van der Waals surface area contributed by atoms with Crippen LogP contribution in [0.3, 0.4) is 0 Å². The van der Waals surface area contributed by atoms with Gasteiger partial charge in [0, 0.05) is 68.9 Å². The van der Waals surface area contributed by atoms with Gasteiger partial charge >= 0.3 is 0 Å². The summed E-state index contributed by atoms with van der Waals surface area (Å²) in [4.78, 5) is 39.5. The van der Waals surface area contributed by atoms with Crippen molar-refractivity contribution >= 4 is 34.1 Å². The Kier molecular flexibility index (Phi) is 8.68. The Bertz CT molecular complexity index is 2050. The minimum absolute atomic E-state index is 0.0505. The van der Waals surface area contributed by atoms with Crippen molar-refractivity contribution in [2.45, 2.75) is 19.4 Å². The molecule has 0 spiro atoms. The lowest BCUT2D eigenvalue weighted by atomic mass is 9.93. The van der Waals surface area contributed by atoms with Gasteiger partial charge in [-0.3, -0.25) is 14.3 Å². The van der Waals surface area contributed by atoms with Gasteiger partial charge in [-0.25, -0.2) is 13.8 Å². The maximum Gasteiger partial charge on any atom is 0.270 e. The van der Waals surface area contributed by atoms with Gasteiger partial charge in [0.25, 0.3) is 5.91 Å². The van der Waals surface area contributed by atoms with Crippen LogP contribution in [0.15, 0.2) is 67.1 Å². The Morgan fingerprint density at radius 1 is 1.02 bits per heavy atom. The highest BCUT2D eigenvalue weighted by atomic mass is 19.1. The summed E-state index contributed by atoms with van der Waals surface area (Å²) in [6.45, 7) is 2.73. The zero-order chi connectivity index (χ0) is 34.1. The van der Waals surface area contributed by atoms with E-state index in [0.717, 1.165) is 6.20 Å². The number of halogens is 2. The average Bonchev–Trinajstić information content (AvgIpc) is 3.82. The van der Waals surface area contributed by atoms with Crippen molar-refractivity contribution in [3.63, 3.8) is 0 Å². The number of nitrogens with zero attached hydrogens (tertiary/aromatic N) is 7. The summed E-state index contributed by atoms with van der Waals surface area (Å²) in [5, 5.41) is 18.5. The molecule has 12 nitrogen and oxygen atoms in total. The second-order valence-corrected chi connectivity index (χ2v) is 12.0. The van der Waals surface area contributed by atoms with Crippen LogP contribution in [0.25, 0.3) is 27.6 Å². The summed E-state index contributed by atoms with van der Waals surface area (Å²) >= 11 is 0. The minimum Gasteiger partial charge on any atom is -0.508 e. The van der Waals surface area contributed by atoms with E-state index in [2.05, 4.69) is 20.3 Å². The van der Waals surface area contributed by atoms with Crippen molar-refractivity contribution in [1.29, 1.82) is 0 Å². The summed E-state index contributed by atoms with van der Waals surface area (Å²) in [6.07, 6.45) is 7.12. The van der Waals surface area contributed by atoms with E-state index >= 15 is 4.39 Å². The first kappa shape index (κ1) is 31.8. The number of methoxy groups -OCH3 is 1. The molecule has 49 heavy (non-hydrogen) atoms. The molecule has 5 aromatic rings. The van der Waals surface area contributed by atoms with Crippen LogP contribution in [0.4, 0.5) is 14.6 Å². The van der Waals surface area contributed by atoms with Gasteiger partial charge in [0.15, 0.2) is 17.4 Å². The molecule has 1 fully saturated rings. The van der Waals surface area contributed by atoms with Crippen LogP contribution >= 0.6 is 0 Å². The zero-order valence-electron chi connectivity index (χ0n) is 26.8. The summed E-state index contributed by atoms with van der Waals surface area (Å²) in [5.41, 5.74) is 2.64. The number of piperazine rings is 1. The van der Waals surface area contributed by atoms with Crippen molar-refractivity contribution in [3.05, 3.63) is 90.0 Å². The second-order valence-electron chi connectivity index (χ2n) is 12.0. The average molecular weight is 669 g/mol. The third-order valence-electron chi connectivity index (χ3n) is 9.00. The molecule has 0 unspecified atom stereocenters. The molecule has 3 aromatic heterocycles. The van der Waals surface area contributed by atoms with Crippen LogP contribution in [-0.4, -0.2) is 98.1 Å². The largest absolute Gasteiger partial charge is 0.508 e. The predicted octanol–water partition coefficient (Wildman–Crippen LogP) is 4.48. The van der Waals surface area contributed by atoms with E-state index in [1.807, 2.05) is 17.0 Å². The van der Waals surface area contributed by atoms with E-state index in [1.54, 1.807) is 57.2 Å². The number of hydrogen-bond acceptors (Lipinski definition) is 8. The van der Waals surface area contributed by atoms with E-state index in [9.17, 15) is 19.1 Å². The van der Waals surface area contributed by atoms with Crippen LogP contribution in [0.5, 0.6) is 11.5 Å². The van der Waals surface area contributed by atoms with Gasteiger partial charge < -0.3 is 29.5 Å². The number of aromatic amines is 1. The molecule has 252 valence electrons. The highest BCUT2D eigenvalue weighted by Crippen LogP contribution is 2.38. The fourth-order valence-electron chi connectivity index (χ4n) is 6.49. The third kappa shape index (κ3) is 6.41. The lowest BCUT2D eigenvalue weighted by Crippen LogP contribution is -2.49. The minimum atomic E-state index is -0.527. The molecule has 2 aromatic carbocycles. The van der Waals surface area contributed by atoms with Gasteiger partial charge in [-0.15, -0.1) is 5.10 Å². The number of aromatic nitrogens is 5. The predicted molar refractivity (Wildman–Crippen MR) is 178 cm³/mol. The zero-order valence-corrected chi connectivity index (χ0v) is 26.8. The standard InChI is InChI=1S/C35H34F2N8O4/c1-49-30-17-24(36)20-38-34(30)42-12-14-43(15-13-42)35(48)29-19-28-26(22-4-2-6-25(46)16-22)18-27(32(37)33(28)40-29)23-5-3-9-44(21-23)31(47)7-10-45-11-8-39-41-45/h2,4-6,8,11,16-20,40,46H,3,7,9-10,12-15,21H2,1H3. The van der Waals surface area contributed by atoms with E-state index in [1.165, 1.54) is 13.2 Å². The van der Waals surface area contributed by atoms with Crippen LogP contribution in [-0.2, 0) is 11.3 Å². The summed E-state index contributed by atoms with van der Waals surface area (Å²) in [7, 11) is 1.45. The number of anilines is 1. The molecule has 0 radical (unpaired) electrons. The number of amides is 2. The number of rotatable bonds is 8. The quantitative estimate of drug-likeness (QED) is 0.248. The molecule has 2 amide bonds. The van der Waals surface area contributed by atoms with Gasteiger partial charge in [0.05, 0.1) is 31.6 Å². The fraction of sp³-hybridized carbons (Fsp3) is 0.286. The Labute approximate surface area is 280 Å². The molecular weight excluding hydrogens is 634 g/mol. The summed E-state index contributed by atoms with van der Waals surface area (Å²) < 4.78 is 37.1. The Hall–Kier alpha value is -5.79. The lowest BCUT2D eigenvalue weighted by molar-refractivity contribution is -0.131. The van der Waals surface area contributed by atoms with E-state index in [-0.39, 0.29) is 41.7 Å². The first-order valence-corrected chi connectivity index (χ1v) is 16.0. The molecule has 2 aliphatic heterocycles. The monoisotopic (exact) mass is 668 g/mol. The third-order valence-corrected chi connectivity index (χ3v) is 9.00. The topological polar surface area (TPSA) is 133 Å². The molecule has 0 aliphatic carbocycles. The Morgan fingerprint density at radius 3 is 2.61 bits per heavy atom. The molecule has 7 rings (SSSR count). The number of aryl methyl sites for hydroxylation is 1. The molecular formula is C35H34F2N8O4. The fourth-order valence-corrected chi connectivity index (χ4v) is 6.49. The lowest BCUT2D eigenvalue weighted by Gasteiger charge is -2.35. The van der Waals surface area contributed by atoms with Crippen molar-refractivity contribution in [2.75, 3.05) is 51.3 Å². The second kappa shape index (κ2) is 13.4. The molecule has 1 saturated heterocycles. The summed E-state index contributed by atoms with van der Waals surface area (Å²) in [5.74, 6) is -0.530. The van der Waals surface area contributed by atoms with E-state index < -0.39 is 11.6 Å². The maximum absolute atomic E-state index is 16.5. The van der Waals surface area contributed by atoms with Crippen LogP contribution < -0.4 is 9.64 Å². The molecule has 0 saturated carbocycles. The van der Waals surface area contributed by atoms with Crippen molar-refractivity contribution in [3.8, 4) is 22.6 Å². The molecule has 14 heteroatoms. The maximum atomic E-state index is 16.5. The van der Waals surface area contributed by atoms with E-state index in [0.29, 0.717) is 84.9 Å². The number of carbonyl (C=O) groups is 2. The number of phenols is 1. The highest BCUT2D eigenvalue weighted by Gasteiger charge is 2.28. The number of benzene rings is 2. The number of nitrogens with one attached hydrogen (secondary N) is 1. The molecule has 2 aliphatic rings.